The summed E-state index contributed by atoms with van der Waals surface area (Å²) in [5.41, 5.74) is 2.39. The van der Waals surface area contributed by atoms with Crippen molar-refractivity contribution in [2.45, 2.75) is 25.9 Å². The SMILES string of the molecule is c1ccc(-c2nc(CN3CCC[C@@H](Cn4cncn4)C3)cs2)cc1. The highest BCUT2D eigenvalue weighted by Crippen LogP contribution is 2.25. The monoisotopic (exact) mass is 339 g/mol. The van der Waals surface area contributed by atoms with E-state index in [1.807, 2.05) is 17.1 Å². The van der Waals surface area contributed by atoms with Crippen LogP contribution >= 0.6 is 11.3 Å². The van der Waals surface area contributed by atoms with Crippen molar-refractivity contribution in [1.82, 2.24) is 24.6 Å². The van der Waals surface area contributed by atoms with Gasteiger partial charge in [0.2, 0.25) is 0 Å². The molecule has 1 aliphatic rings. The number of aromatic nitrogens is 4. The van der Waals surface area contributed by atoms with E-state index in [9.17, 15) is 0 Å². The first-order valence-corrected chi connectivity index (χ1v) is 9.29. The second kappa shape index (κ2) is 7.23. The Labute approximate surface area is 146 Å². The molecule has 1 saturated heterocycles. The number of piperidine rings is 1. The van der Waals surface area contributed by atoms with E-state index in [0.29, 0.717) is 5.92 Å². The van der Waals surface area contributed by atoms with E-state index in [2.05, 4.69) is 44.6 Å². The van der Waals surface area contributed by atoms with E-state index in [0.717, 1.165) is 31.2 Å². The van der Waals surface area contributed by atoms with Crippen LogP contribution in [-0.2, 0) is 13.1 Å². The second-order valence-electron chi connectivity index (χ2n) is 6.37. The average molecular weight is 339 g/mol. The van der Waals surface area contributed by atoms with E-state index in [1.54, 1.807) is 17.7 Å². The molecule has 24 heavy (non-hydrogen) atoms. The Morgan fingerprint density at radius 2 is 2.12 bits per heavy atom. The fourth-order valence-electron chi connectivity index (χ4n) is 3.36. The summed E-state index contributed by atoms with van der Waals surface area (Å²) in [4.78, 5) is 11.4. The minimum Gasteiger partial charge on any atom is -0.297 e. The van der Waals surface area contributed by atoms with E-state index < -0.39 is 0 Å². The van der Waals surface area contributed by atoms with Crippen molar-refractivity contribution in [2.75, 3.05) is 13.1 Å². The first-order valence-electron chi connectivity index (χ1n) is 8.41. The van der Waals surface area contributed by atoms with Crippen LogP contribution in [0.4, 0.5) is 0 Å². The molecule has 1 atom stereocenters. The van der Waals surface area contributed by atoms with Gasteiger partial charge in [0, 0.05) is 30.6 Å². The van der Waals surface area contributed by atoms with Gasteiger partial charge in [0.05, 0.1) is 5.69 Å². The Balaban J connectivity index is 1.37. The maximum atomic E-state index is 4.82. The molecule has 1 aliphatic heterocycles. The zero-order chi connectivity index (χ0) is 16.2. The molecular weight excluding hydrogens is 318 g/mol. The van der Waals surface area contributed by atoms with E-state index in [-0.39, 0.29) is 0 Å². The van der Waals surface area contributed by atoms with Gasteiger partial charge in [-0.15, -0.1) is 11.3 Å². The molecule has 0 amide bonds. The first-order chi connectivity index (χ1) is 11.9. The van der Waals surface area contributed by atoms with Gasteiger partial charge < -0.3 is 0 Å². The van der Waals surface area contributed by atoms with Crippen LogP contribution in [-0.4, -0.2) is 37.7 Å². The number of rotatable bonds is 5. The largest absolute Gasteiger partial charge is 0.297 e. The standard InChI is InChI=1S/C18H21N5S/c1-2-6-16(7-3-1)18-21-17(12-24-18)11-22-8-4-5-15(9-22)10-23-14-19-13-20-23/h1-3,6-7,12-15H,4-5,8-11H2/t15-/m1/s1. The smallest absolute Gasteiger partial charge is 0.137 e. The van der Waals surface area contributed by atoms with E-state index in [4.69, 9.17) is 4.98 Å². The van der Waals surface area contributed by atoms with E-state index in [1.165, 1.54) is 24.1 Å². The number of hydrogen-bond donors (Lipinski definition) is 0. The summed E-state index contributed by atoms with van der Waals surface area (Å²) in [6.45, 7) is 4.17. The van der Waals surface area contributed by atoms with Gasteiger partial charge in [-0.05, 0) is 25.3 Å². The van der Waals surface area contributed by atoms with Crippen molar-refractivity contribution in [3.63, 3.8) is 0 Å². The highest BCUT2D eigenvalue weighted by Gasteiger charge is 2.21. The van der Waals surface area contributed by atoms with Crippen molar-refractivity contribution in [3.05, 3.63) is 54.1 Å². The molecule has 0 spiro atoms. The minimum absolute atomic E-state index is 0.646. The third-order valence-corrected chi connectivity index (χ3v) is 5.41. The molecule has 4 rings (SSSR count). The quantitative estimate of drug-likeness (QED) is 0.715. The number of nitrogens with zero attached hydrogens (tertiary/aromatic N) is 5. The molecule has 0 unspecified atom stereocenters. The fourth-order valence-corrected chi connectivity index (χ4v) is 4.17. The molecule has 2 aromatic heterocycles. The Morgan fingerprint density at radius 3 is 2.96 bits per heavy atom. The lowest BCUT2D eigenvalue weighted by Crippen LogP contribution is -2.36. The van der Waals surface area contributed by atoms with Crippen LogP contribution in [0, 0.1) is 5.92 Å². The van der Waals surface area contributed by atoms with Gasteiger partial charge in [-0.3, -0.25) is 9.58 Å². The lowest BCUT2D eigenvalue weighted by atomic mass is 9.98. The number of thiazole rings is 1. The fraction of sp³-hybridized carbons (Fsp3) is 0.389. The number of likely N-dealkylation sites (tertiary alicyclic amines) is 1. The number of hydrogen-bond acceptors (Lipinski definition) is 5. The molecule has 1 aromatic carbocycles. The summed E-state index contributed by atoms with van der Waals surface area (Å²) in [6, 6.07) is 10.4. The normalized spacial score (nSPS) is 18.8. The Hall–Kier alpha value is -2.05. The summed E-state index contributed by atoms with van der Waals surface area (Å²) < 4.78 is 1.95. The van der Waals surface area contributed by atoms with E-state index >= 15 is 0 Å². The van der Waals surface area contributed by atoms with Gasteiger partial charge in [0.25, 0.3) is 0 Å². The molecule has 3 aromatic rings. The lowest BCUT2D eigenvalue weighted by molar-refractivity contribution is 0.152. The van der Waals surface area contributed by atoms with Crippen LogP contribution in [0.25, 0.3) is 10.6 Å². The molecule has 0 radical (unpaired) electrons. The van der Waals surface area contributed by atoms with Gasteiger partial charge in [-0.1, -0.05) is 30.3 Å². The highest BCUT2D eigenvalue weighted by atomic mass is 32.1. The number of benzene rings is 1. The summed E-state index contributed by atoms with van der Waals surface area (Å²) in [5, 5.41) is 7.54. The van der Waals surface area contributed by atoms with Gasteiger partial charge in [-0.25, -0.2) is 9.97 Å². The lowest BCUT2D eigenvalue weighted by Gasteiger charge is -2.32. The Bertz CT molecular complexity index is 753. The topological polar surface area (TPSA) is 46.8 Å². The van der Waals surface area contributed by atoms with Gasteiger partial charge in [0.1, 0.15) is 17.7 Å². The third kappa shape index (κ3) is 3.71. The van der Waals surface area contributed by atoms with Crippen molar-refractivity contribution in [2.24, 2.45) is 5.92 Å². The van der Waals surface area contributed by atoms with Crippen LogP contribution in [0.5, 0.6) is 0 Å². The predicted octanol–water partition coefficient (Wildman–Crippen LogP) is 3.31. The van der Waals surface area contributed by atoms with Crippen LogP contribution in [0.3, 0.4) is 0 Å². The van der Waals surface area contributed by atoms with Gasteiger partial charge >= 0.3 is 0 Å². The maximum Gasteiger partial charge on any atom is 0.137 e. The molecule has 3 heterocycles. The molecule has 6 heteroatoms. The molecule has 0 bridgehead atoms. The van der Waals surface area contributed by atoms with Crippen molar-refractivity contribution < 1.29 is 0 Å². The maximum absolute atomic E-state index is 4.82. The first kappa shape index (κ1) is 15.5. The van der Waals surface area contributed by atoms with Crippen molar-refractivity contribution in [3.8, 4) is 10.6 Å². The molecule has 0 aliphatic carbocycles. The highest BCUT2D eigenvalue weighted by molar-refractivity contribution is 7.13. The summed E-state index contributed by atoms with van der Waals surface area (Å²) in [7, 11) is 0. The second-order valence-corrected chi connectivity index (χ2v) is 7.23. The Morgan fingerprint density at radius 1 is 1.21 bits per heavy atom. The van der Waals surface area contributed by atoms with Crippen molar-refractivity contribution >= 4 is 11.3 Å². The predicted molar refractivity (Wildman–Crippen MR) is 95.6 cm³/mol. The minimum atomic E-state index is 0.646. The average Bonchev–Trinajstić information content (AvgIpc) is 3.28. The van der Waals surface area contributed by atoms with Crippen LogP contribution < -0.4 is 0 Å². The zero-order valence-electron chi connectivity index (χ0n) is 13.6. The molecule has 1 fully saturated rings. The molecule has 0 N–H and O–H groups in total. The van der Waals surface area contributed by atoms with Gasteiger partial charge in [-0.2, -0.15) is 5.10 Å². The van der Waals surface area contributed by atoms with Crippen LogP contribution in [0.2, 0.25) is 0 Å². The van der Waals surface area contributed by atoms with Crippen molar-refractivity contribution in [1.29, 1.82) is 0 Å². The van der Waals surface area contributed by atoms with Crippen LogP contribution in [0.15, 0.2) is 48.4 Å². The Kier molecular flexibility index (Phi) is 4.66. The van der Waals surface area contributed by atoms with Gasteiger partial charge in [0.15, 0.2) is 0 Å². The molecular formula is C18H21N5S. The molecule has 5 nitrogen and oxygen atoms in total. The summed E-state index contributed by atoms with van der Waals surface area (Å²) in [5.74, 6) is 0.646. The third-order valence-electron chi connectivity index (χ3n) is 4.47. The summed E-state index contributed by atoms with van der Waals surface area (Å²) >= 11 is 1.74. The summed E-state index contributed by atoms with van der Waals surface area (Å²) in [6.07, 6.45) is 5.93. The van der Waals surface area contributed by atoms with Crippen LogP contribution in [0.1, 0.15) is 18.5 Å². The zero-order valence-corrected chi connectivity index (χ0v) is 14.4. The molecule has 124 valence electrons. The molecule has 0 saturated carbocycles.